The van der Waals surface area contributed by atoms with Gasteiger partial charge in [0.2, 0.25) is 0 Å². The highest BCUT2D eigenvalue weighted by Gasteiger charge is 2.09. The number of hydrogen-bond donors (Lipinski definition) is 0. The third-order valence-corrected chi connectivity index (χ3v) is 4.83. The molecule has 0 aromatic heterocycles. The molecular weight excluding hydrogens is 348 g/mol. The van der Waals surface area contributed by atoms with E-state index in [2.05, 4.69) is 16.7 Å². The second-order valence-corrected chi connectivity index (χ2v) is 7.63. The molecule has 0 spiro atoms. The zero-order chi connectivity index (χ0) is 20.6. The molecule has 0 rings (SSSR count). The van der Waals surface area contributed by atoms with E-state index in [9.17, 15) is 9.59 Å². The van der Waals surface area contributed by atoms with Crippen LogP contribution in [0.5, 0.6) is 0 Å². The molecule has 4 nitrogen and oxygen atoms in total. The van der Waals surface area contributed by atoms with Crippen LogP contribution in [0.25, 0.3) is 0 Å². The number of thioether (sulfide) groups is 1. The number of rotatable bonds is 17. The first-order chi connectivity index (χ1) is 13.2. The predicted octanol–water partition coefficient (Wildman–Crippen LogP) is 6.86. The molecule has 0 N–H and O–H groups in total. The van der Waals surface area contributed by atoms with Crippen molar-refractivity contribution in [2.24, 2.45) is 0 Å². The van der Waals surface area contributed by atoms with Crippen molar-refractivity contribution in [2.75, 3.05) is 12.0 Å². The number of carbonyl (C=O) groups excluding carboxylic acids is 2. The lowest BCUT2D eigenvalue weighted by Crippen LogP contribution is -2.11. The van der Waals surface area contributed by atoms with Crippen LogP contribution in [-0.4, -0.2) is 23.9 Å². The maximum Gasteiger partial charge on any atom is 0.356 e. The van der Waals surface area contributed by atoms with Crippen molar-refractivity contribution in [1.82, 2.24) is 0 Å². The van der Waals surface area contributed by atoms with E-state index < -0.39 is 11.9 Å². The van der Waals surface area contributed by atoms with Gasteiger partial charge in [-0.2, -0.15) is 11.8 Å². The van der Waals surface area contributed by atoms with Crippen LogP contribution in [0.3, 0.4) is 0 Å². The van der Waals surface area contributed by atoms with Gasteiger partial charge in [-0.25, -0.2) is 19.4 Å². The van der Waals surface area contributed by atoms with E-state index in [0.717, 1.165) is 19.3 Å². The van der Waals surface area contributed by atoms with Crippen LogP contribution in [-0.2, 0) is 19.4 Å². The zero-order valence-corrected chi connectivity index (χ0v) is 18.2. The molecule has 0 aromatic carbocycles. The fraction of sp³-hybridized carbons (Fsp3) is 0.905. The topological polar surface area (TPSA) is 52.6 Å². The van der Waals surface area contributed by atoms with Crippen LogP contribution in [0.15, 0.2) is 0 Å². The highest BCUT2D eigenvalue weighted by molar-refractivity contribution is 7.98. The minimum absolute atomic E-state index is 0.271. The van der Waals surface area contributed by atoms with E-state index in [0.29, 0.717) is 12.2 Å². The summed E-state index contributed by atoms with van der Waals surface area (Å²) in [6, 6.07) is 0. The number of unbranched alkanes of at least 4 members (excludes halogenated alkanes) is 12. The third kappa shape index (κ3) is 21.3. The third-order valence-electron chi connectivity index (χ3n) is 4.22. The van der Waals surface area contributed by atoms with Crippen LogP contribution in [0, 0.1) is 0 Å². The van der Waals surface area contributed by atoms with E-state index in [4.69, 9.17) is 1.37 Å². The molecule has 0 amide bonds. The summed E-state index contributed by atoms with van der Waals surface area (Å²) in [7, 11) is 1.25. The van der Waals surface area contributed by atoms with Crippen LogP contribution >= 0.6 is 11.8 Å². The van der Waals surface area contributed by atoms with Crippen molar-refractivity contribution in [1.29, 1.82) is 0 Å². The molecule has 0 bridgehead atoms. The monoisotopic (exact) mass is 391 g/mol. The highest BCUT2D eigenvalue weighted by atomic mass is 32.2. The van der Waals surface area contributed by atoms with Gasteiger partial charge < -0.3 is 0 Å². The summed E-state index contributed by atoms with van der Waals surface area (Å²) in [6.07, 6.45) is 19.0. The van der Waals surface area contributed by atoms with E-state index in [1.165, 1.54) is 71.6 Å². The second kappa shape index (κ2) is 22.3. The fourth-order valence-electron chi connectivity index (χ4n) is 2.65. The lowest BCUT2D eigenvalue weighted by atomic mass is 10.0. The Hall–Kier alpha value is -0.710. The maximum atomic E-state index is 11.4. The zero-order valence-electron chi connectivity index (χ0n) is 18.4. The van der Waals surface area contributed by atoms with Gasteiger partial charge in [-0.05, 0) is 12.7 Å². The molecule has 156 valence electrons. The van der Waals surface area contributed by atoms with Gasteiger partial charge >= 0.3 is 11.9 Å². The lowest BCUT2D eigenvalue weighted by molar-refractivity contribution is -0.258. The van der Waals surface area contributed by atoms with Crippen LogP contribution < -0.4 is 0 Å². The minimum Gasteiger partial charge on any atom is -0.247 e. The molecule has 0 aliphatic carbocycles. The first-order valence-corrected chi connectivity index (χ1v) is 11.5. The molecule has 0 heterocycles. The first kappa shape index (κ1) is 25.3. The minimum atomic E-state index is -0.479. The number of carbonyl (C=O) groups is 2. The molecule has 0 saturated carbocycles. The Balaban J connectivity index is 0. The Labute approximate surface area is 167 Å². The van der Waals surface area contributed by atoms with E-state index in [-0.39, 0.29) is 6.42 Å². The van der Waals surface area contributed by atoms with E-state index >= 15 is 0 Å². The van der Waals surface area contributed by atoms with Crippen molar-refractivity contribution in [2.45, 2.75) is 111 Å². The van der Waals surface area contributed by atoms with Crippen LogP contribution in [0.2, 0.25) is 0 Å². The van der Waals surface area contributed by atoms with Gasteiger partial charge in [-0.3, -0.25) is 0 Å². The van der Waals surface area contributed by atoms with Crippen molar-refractivity contribution in [3.8, 4) is 0 Å². The summed E-state index contributed by atoms with van der Waals surface area (Å²) in [6.45, 7) is 2.26. The van der Waals surface area contributed by atoms with Gasteiger partial charge in [0.15, 0.2) is 0 Å². The Morgan fingerprint density at radius 3 is 1.54 bits per heavy atom. The Morgan fingerprint density at radius 1 is 0.731 bits per heavy atom. The van der Waals surface area contributed by atoms with E-state index in [1.807, 2.05) is 6.26 Å². The average molecular weight is 392 g/mol. The van der Waals surface area contributed by atoms with Crippen molar-refractivity contribution >= 4 is 23.7 Å². The Bertz CT molecular complexity index is 327. The fourth-order valence-corrected chi connectivity index (χ4v) is 3.02. The summed E-state index contributed by atoms with van der Waals surface area (Å²) in [5, 5.41) is 0. The van der Waals surface area contributed by atoms with Gasteiger partial charge in [-0.15, -0.1) is 0 Å². The van der Waals surface area contributed by atoms with Crippen LogP contribution in [0.1, 0.15) is 112 Å². The molecule has 0 unspecified atom stereocenters. The van der Waals surface area contributed by atoms with Crippen molar-refractivity contribution < 1.29 is 20.7 Å². The van der Waals surface area contributed by atoms with Gasteiger partial charge in [0.05, 0.1) is 12.8 Å². The molecule has 0 radical (unpaired) electrons. The highest BCUT2D eigenvalue weighted by Crippen LogP contribution is 2.13. The largest absolute Gasteiger partial charge is 0.356 e. The molecule has 5 heteroatoms. The molecular formula is C21H42O4S. The summed E-state index contributed by atoms with van der Waals surface area (Å²) >= 11 is 1.55. The summed E-state index contributed by atoms with van der Waals surface area (Å²) in [5.74, 6) is -0.247. The first-order valence-electron chi connectivity index (χ1n) is 11.1. The number of hydrogen-bond acceptors (Lipinski definition) is 5. The molecule has 0 aliphatic heterocycles. The van der Waals surface area contributed by atoms with Crippen molar-refractivity contribution in [3.05, 3.63) is 0 Å². The predicted molar refractivity (Wildman–Crippen MR) is 112 cm³/mol. The molecule has 0 fully saturated rings. The summed E-state index contributed by atoms with van der Waals surface area (Å²) in [5.41, 5.74) is 0. The van der Waals surface area contributed by atoms with Gasteiger partial charge in [0.25, 0.3) is 0 Å². The van der Waals surface area contributed by atoms with Gasteiger partial charge in [0.1, 0.15) is 0 Å². The van der Waals surface area contributed by atoms with Crippen molar-refractivity contribution in [3.63, 3.8) is 0 Å². The Kier molecular flexibility index (Phi) is 21.7. The van der Waals surface area contributed by atoms with Crippen LogP contribution in [0.4, 0.5) is 0 Å². The van der Waals surface area contributed by atoms with E-state index in [1.54, 1.807) is 11.8 Å². The standard InChI is InChI=1S/C20H38O4S.CH4/c1-3-4-5-6-7-8-9-10-11-12-13-14-15-16-19(21)23-24-20(22)17-18-25-2;/h3-18H2,1-2H3;1H4/i;1D. The Morgan fingerprint density at radius 2 is 1.12 bits per heavy atom. The smallest absolute Gasteiger partial charge is 0.247 e. The molecule has 0 saturated heterocycles. The molecule has 0 aliphatic rings. The average Bonchev–Trinajstić information content (AvgIpc) is 2.69. The van der Waals surface area contributed by atoms with Gasteiger partial charge in [0, 0.05) is 7.12 Å². The molecule has 0 atom stereocenters. The molecule has 26 heavy (non-hydrogen) atoms. The second-order valence-electron chi connectivity index (χ2n) is 6.65. The normalized spacial score (nSPS) is 10.5. The summed E-state index contributed by atoms with van der Waals surface area (Å²) < 4.78 is 5.75. The molecule has 0 aromatic rings. The maximum absolute atomic E-state index is 11.4. The lowest BCUT2D eigenvalue weighted by Gasteiger charge is -2.04. The summed E-state index contributed by atoms with van der Waals surface area (Å²) in [4.78, 5) is 31.6. The SMILES string of the molecule is CCCCCCCCCCCCCCCC(=O)OOC(=O)CCSC.[2H]C. The van der Waals surface area contributed by atoms with Gasteiger partial charge in [-0.1, -0.05) is 91.4 Å². The quantitative estimate of drug-likeness (QED) is 0.154.